The molecule has 2 saturated heterocycles. The second-order valence-electron chi connectivity index (χ2n) is 8.23. The van der Waals surface area contributed by atoms with E-state index in [2.05, 4.69) is 17.0 Å². The second-order valence-corrected chi connectivity index (χ2v) is 8.23. The van der Waals surface area contributed by atoms with Gasteiger partial charge in [-0.2, -0.15) is 0 Å². The molecule has 2 bridgehead atoms. The van der Waals surface area contributed by atoms with Crippen molar-refractivity contribution < 1.29 is 19.3 Å². The predicted octanol–water partition coefficient (Wildman–Crippen LogP) is 3.35. The van der Waals surface area contributed by atoms with Gasteiger partial charge in [0.05, 0.1) is 12.7 Å². The average Bonchev–Trinajstić information content (AvgIpc) is 2.97. The number of hydrogen-bond acceptors (Lipinski definition) is 5. The first-order valence-electron chi connectivity index (χ1n) is 10.2. The molecular weight excluding hydrogens is 354 g/mol. The molecule has 0 saturated carbocycles. The van der Waals surface area contributed by atoms with Crippen LogP contribution in [-0.4, -0.2) is 48.5 Å². The van der Waals surface area contributed by atoms with Gasteiger partial charge in [0.2, 0.25) is 5.75 Å². The summed E-state index contributed by atoms with van der Waals surface area (Å²) in [6.07, 6.45) is 3.79. The Morgan fingerprint density at radius 3 is 2.54 bits per heavy atom. The number of fused-ring (bicyclic) bond motifs is 3. The lowest BCUT2D eigenvalue weighted by atomic mass is 9.80. The van der Waals surface area contributed by atoms with Gasteiger partial charge < -0.3 is 19.3 Å². The molecule has 5 heteroatoms. The van der Waals surface area contributed by atoms with Crippen LogP contribution in [0.15, 0.2) is 48.5 Å². The number of hydrogen-bond donors (Lipinski definition) is 1. The van der Waals surface area contributed by atoms with E-state index in [9.17, 15) is 5.11 Å². The standard InChI is InChI=1S/C23H27NO4/c1-26-20-8-5-9-21-22(20)28-19(15-27-21)14-24-17-10-11-18(24)13-23(25,12-17)16-6-3-2-4-7-16/h2-9,17-19,25H,10-15H2,1H3/t17-,18+,19-,23?/m0/s1. The minimum absolute atomic E-state index is 0.0326. The Labute approximate surface area is 165 Å². The van der Waals surface area contributed by atoms with Crippen molar-refractivity contribution in [3.63, 3.8) is 0 Å². The van der Waals surface area contributed by atoms with Crippen LogP contribution < -0.4 is 14.2 Å². The molecule has 148 valence electrons. The number of ether oxygens (including phenoxy) is 3. The fourth-order valence-electron chi connectivity index (χ4n) is 5.19. The number of piperidine rings is 1. The van der Waals surface area contributed by atoms with Crippen molar-refractivity contribution >= 4 is 0 Å². The molecule has 0 aliphatic carbocycles. The van der Waals surface area contributed by atoms with Gasteiger partial charge in [0, 0.05) is 18.6 Å². The molecule has 3 aliphatic rings. The molecule has 3 heterocycles. The Kier molecular flexibility index (Phi) is 4.44. The lowest BCUT2D eigenvalue weighted by molar-refractivity contribution is -0.0688. The Morgan fingerprint density at radius 2 is 1.82 bits per heavy atom. The molecule has 2 aromatic carbocycles. The molecule has 0 radical (unpaired) electrons. The SMILES string of the molecule is COc1cccc2c1O[C@@H](CN1[C@@H]3CC[C@H]1CC(O)(c1ccccc1)C3)CO2. The van der Waals surface area contributed by atoms with Crippen molar-refractivity contribution in [1.82, 2.24) is 4.90 Å². The Morgan fingerprint density at radius 1 is 1.07 bits per heavy atom. The largest absolute Gasteiger partial charge is 0.493 e. The van der Waals surface area contributed by atoms with E-state index >= 15 is 0 Å². The smallest absolute Gasteiger partial charge is 0.204 e. The van der Waals surface area contributed by atoms with E-state index in [0.717, 1.165) is 43.5 Å². The van der Waals surface area contributed by atoms with Crippen LogP contribution in [-0.2, 0) is 5.60 Å². The maximum Gasteiger partial charge on any atom is 0.204 e. The molecule has 1 unspecified atom stereocenters. The summed E-state index contributed by atoms with van der Waals surface area (Å²) < 4.78 is 17.6. The summed E-state index contributed by atoms with van der Waals surface area (Å²) >= 11 is 0. The van der Waals surface area contributed by atoms with Gasteiger partial charge in [0.1, 0.15) is 12.7 Å². The Hall–Kier alpha value is -2.24. The molecular formula is C23H27NO4. The highest BCUT2D eigenvalue weighted by Crippen LogP contribution is 2.46. The monoisotopic (exact) mass is 381 g/mol. The topological polar surface area (TPSA) is 51.2 Å². The molecule has 2 aromatic rings. The molecule has 5 nitrogen and oxygen atoms in total. The zero-order valence-corrected chi connectivity index (χ0v) is 16.2. The number of methoxy groups -OCH3 is 1. The summed E-state index contributed by atoms with van der Waals surface area (Å²) in [5.74, 6) is 2.16. The minimum Gasteiger partial charge on any atom is -0.493 e. The molecule has 4 atom stereocenters. The molecule has 0 amide bonds. The zero-order valence-electron chi connectivity index (χ0n) is 16.2. The molecule has 0 aromatic heterocycles. The highest BCUT2D eigenvalue weighted by Gasteiger charge is 2.49. The van der Waals surface area contributed by atoms with Crippen LogP contribution in [0.1, 0.15) is 31.2 Å². The maximum absolute atomic E-state index is 11.3. The molecule has 5 rings (SSSR count). The number of nitrogens with zero attached hydrogens (tertiary/aromatic N) is 1. The number of aliphatic hydroxyl groups is 1. The number of rotatable bonds is 4. The van der Waals surface area contributed by atoms with Crippen LogP contribution >= 0.6 is 0 Å². The number of para-hydroxylation sites is 1. The summed E-state index contributed by atoms with van der Waals surface area (Å²) in [6, 6.07) is 16.6. The molecule has 1 N–H and O–H groups in total. The first-order chi connectivity index (χ1) is 13.7. The van der Waals surface area contributed by atoms with Gasteiger partial charge in [-0.3, -0.25) is 4.90 Å². The predicted molar refractivity (Wildman–Crippen MR) is 106 cm³/mol. The number of benzene rings is 2. The van der Waals surface area contributed by atoms with Crippen molar-refractivity contribution in [3.8, 4) is 17.2 Å². The van der Waals surface area contributed by atoms with E-state index in [1.54, 1.807) is 7.11 Å². The fraction of sp³-hybridized carbons (Fsp3) is 0.478. The quantitative estimate of drug-likeness (QED) is 0.880. The first kappa shape index (κ1) is 17.8. The zero-order chi connectivity index (χ0) is 19.1. The maximum atomic E-state index is 11.3. The van der Waals surface area contributed by atoms with E-state index in [1.807, 2.05) is 36.4 Å². The summed E-state index contributed by atoms with van der Waals surface area (Å²) in [6.45, 7) is 1.36. The van der Waals surface area contributed by atoms with E-state index in [4.69, 9.17) is 14.2 Å². The molecule has 28 heavy (non-hydrogen) atoms. The van der Waals surface area contributed by atoms with Crippen LogP contribution in [0.3, 0.4) is 0 Å². The van der Waals surface area contributed by atoms with Gasteiger partial charge in [0.25, 0.3) is 0 Å². The van der Waals surface area contributed by atoms with Crippen molar-refractivity contribution in [1.29, 1.82) is 0 Å². The third-order valence-electron chi connectivity index (χ3n) is 6.52. The normalized spacial score (nSPS) is 31.6. The highest BCUT2D eigenvalue weighted by molar-refractivity contribution is 5.52. The van der Waals surface area contributed by atoms with Crippen LogP contribution in [0.4, 0.5) is 0 Å². The average molecular weight is 381 g/mol. The highest BCUT2D eigenvalue weighted by atomic mass is 16.6. The third-order valence-corrected chi connectivity index (χ3v) is 6.52. The minimum atomic E-state index is -0.719. The van der Waals surface area contributed by atoms with Gasteiger partial charge in [-0.05, 0) is 43.4 Å². The lowest BCUT2D eigenvalue weighted by Crippen LogP contribution is -2.53. The van der Waals surface area contributed by atoms with Crippen LogP contribution in [0.2, 0.25) is 0 Å². The Balaban J connectivity index is 1.30. The van der Waals surface area contributed by atoms with E-state index in [1.165, 1.54) is 0 Å². The first-order valence-corrected chi connectivity index (χ1v) is 10.2. The molecule has 3 aliphatic heterocycles. The Bertz CT molecular complexity index is 812. The van der Waals surface area contributed by atoms with E-state index < -0.39 is 5.60 Å². The van der Waals surface area contributed by atoms with E-state index in [-0.39, 0.29) is 6.10 Å². The van der Waals surface area contributed by atoms with Crippen molar-refractivity contribution in [2.24, 2.45) is 0 Å². The summed E-state index contributed by atoms with van der Waals surface area (Å²) in [7, 11) is 1.65. The third kappa shape index (κ3) is 3.03. The second kappa shape index (κ2) is 6.98. The van der Waals surface area contributed by atoms with Gasteiger partial charge >= 0.3 is 0 Å². The van der Waals surface area contributed by atoms with Crippen LogP contribution in [0, 0.1) is 0 Å². The molecule has 2 fully saturated rings. The summed E-state index contributed by atoms with van der Waals surface area (Å²) in [4.78, 5) is 2.53. The van der Waals surface area contributed by atoms with E-state index in [0.29, 0.717) is 30.2 Å². The van der Waals surface area contributed by atoms with Crippen molar-refractivity contribution in [2.45, 2.75) is 49.5 Å². The van der Waals surface area contributed by atoms with Gasteiger partial charge in [-0.15, -0.1) is 0 Å². The van der Waals surface area contributed by atoms with Crippen molar-refractivity contribution in [2.75, 3.05) is 20.3 Å². The van der Waals surface area contributed by atoms with Gasteiger partial charge in [0.15, 0.2) is 11.5 Å². The fourth-order valence-corrected chi connectivity index (χ4v) is 5.19. The summed E-state index contributed by atoms with van der Waals surface area (Å²) in [5, 5.41) is 11.3. The van der Waals surface area contributed by atoms with Gasteiger partial charge in [-0.1, -0.05) is 36.4 Å². The van der Waals surface area contributed by atoms with Crippen LogP contribution in [0.5, 0.6) is 17.2 Å². The van der Waals surface area contributed by atoms with Crippen LogP contribution in [0.25, 0.3) is 0 Å². The molecule has 0 spiro atoms. The summed E-state index contributed by atoms with van der Waals surface area (Å²) in [5.41, 5.74) is 0.325. The lowest BCUT2D eigenvalue weighted by Gasteiger charge is -2.45. The van der Waals surface area contributed by atoms with Crippen molar-refractivity contribution in [3.05, 3.63) is 54.1 Å². The van der Waals surface area contributed by atoms with Gasteiger partial charge in [-0.25, -0.2) is 0 Å².